The molecule has 21 heavy (non-hydrogen) atoms. The number of nitrogens with zero attached hydrogens (tertiary/aromatic N) is 1. The summed E-state index contributed by atoms with van der Waals surface area (Å²) < 4.78 is 0. The number of para-hydroxylation sites is 1. The van der Waals surface area contributed by atoms with Gasteiger partial charge in [0.2, 0.25) is 0 Å². The lowest BCUT2D eigenvalue weighted by atomic mass is 10.1. The molecule has 0 bridgehead atoms. The van der Waals surface area contributed by atoms with Gasteiger partial charge in [-0.25, -0.2) is 0 Å². The molecule has 0 fully saturated rings. The third kappa shape index (κ3) is 3.45. The molecule has 0 heterocycles. The quantitative estimate of drug-likeness (QED) is 0.350. The van der Waals surface area contributed by atoms with Gasteiger partial charge >= 0.3 is 0 Å². The minimum Gasteiger partial charge on any atom is -0.409 e. The number of oxime groups is 1. The van der Waals surface area contributed by atoms with Gasteiger partial charge in [0, 0.05) is 11.1 Å². The van der Waals surface area contributed by atoms with Gasteiger partial charge in [-0.2, -0.15) is 0 Å². The zero-order chi connectivity index (χ0) is 15.4. The SMILES string of the molecule is N/C(=N/O)c1ccccc1NC(=O)c1ccc(Cl)c(Cl)c1. The van der Waals surface area contributed by atoms with Crippen molar-refractivity contribution in [2.24, 2.45) is 10.9 Å². The van der Waals surface area contributed by atoms with Gasteiger partial charge in [0.05, 0.1) is 15.7 Å². The van der Waals surface area contributed by atoms with Gasteiger partial charge in [-0.15, -0.1) is 0 Å². The third-order valence-corrected chi connectivity index (χ3v) is 3.48. The molecule has 0 unspecified atom stereocenters. The van der Waals surface area contributed by atoms with Crippen LogP contribution >= 0.6 is 23.2 Å². The van der Waals surface area contributed by atoms with E-state index in [4.69, 9.17) is 34.1 Å². The Balaban J connectivity index is 2.30. The van der Waals surface area contributed by atoms with Crippen LogP contribution in [0.1, 0.15) is 15.9 Å². The third-order valence-electron chi connectivity index (χ3n) is 2.74. The van der Waals surface area contributed by atoms with Crippen LogP contribution in [0.3, 0.4) is 0 Å². The Morgan fingerprint density at radius 2 is 1.86 bits per heavy atom. The van der Waals surface area contributed by atoms with Crippen molar-refractivity contribution >= 4 is 40.6 Å². The van der Waals surface area contributed by atoms with Crippen LogP contribution in [0.5, 0.6) is 0 Å². The zero-order valence-electron chi connectivity index (χ0n) is 10.7. The molecule has 108 valence electrons. The maximum Gasteiger partial charge on any atom is 0.255 e. The van der Waals surface area contributed by atoms with E-state index in [1.54, 1.807) is 30.3 Å². The summed E-state index contributed by atoms with van der Waals surface area (Å²) in [6, 6.07) is 11.2. The van der Waals surface area contributed by atoms with Gasteiger partial charge in [0.15, 0.2) is 5.84 Å². The van der Waals surface area contributed by atoms with Crippen LogP contribution in [-0.2, 0) is 0 Å². The second kappa shape index (κ2) is 6.47. The van der Waals surface area contributed by atoms with E-state index < -0.39 is 0 Å². The van der Waals surface area contributed by atoms with Crippen molar-refractivity contribution < 1.29 is 10.0 Å². The normalized spacial score (nSPS) is 11.2. The Morgan fingerprint density at radius 3 is 2.52 bits per heavy atom. The van der Waals surface area contributed by atoms with Gasteiger partial charge in [0.25, 0.3) is 5.91 Å². The number of nitrogens with two attached hydrogens (primary N) is 1. The standard InChI is InChI=1S/C14H11Cl2N3O2/c15-10-6-5-8(7-11(10)16)14(20)18-12-4-2-1-3-9(12)13(17)19-21/h1-7,21H,(H2,17,19)(H,18,20). The molecule has 0 aromatic heterocycles. The van der Waals surface area contributed by atoms with Crippen LogP contribution in [0.2, 0.25) is 10.0 Å². The van der Waals surface area contributed by atoms with Crippen molar-refractivity contribution in [3.8, 4) is 0 Å². The first-order chi connectivity index (χ1) is 10.0. The molecule has 0 spiro atoms. The van der Waals surface area contributed by atoms with Crippen LogP contribution in [-0.4, -0.2) is 17.0 Å². The highest BCUT2D eigenvalue weighted by molar-refractivity contribution is 6.42. The van der Waals surface area contributed by atoms with Gasteiger partial charge in [-0.1, -0.05) is 40.5 Å². The predicted octanol–water partition coefficient (Wildman–Crippen LogP) is 3.34. The van der Waals surface area contributed by atoms with E-state index in [0.29, 0.717) is 21.8 Å². The highest BCUT2D eigenvalue weighted by atomic mass is 35.5. The summed E-state index contributed by atoms with van der Waals surface area (Å²) in [6.45, 7) is 0. The van der Waals surface area contributed by atoms with E-state index in [1.807, 2.05) is 0 Å². The largest absolute Gasteiger partial charge is 0.409 e. The molecule has 7 heteroatoms. The number of benzene rings is 2. The number of carbonyl (C=O) groups excluding carboxylic acids is 1. The summed E-state index contributed by atoms with van der Waals surface area (Å²) >= 11 is 11.7. The maximum absolute atomic E-state index is 12.2. The fourth-order valence-electron chi connectivity index (χ4n) is 1.70. The van der Waals surface area contributed by atoms with Crippen molar-refractivity contribution in [2.45, 2.75) is 0 Å². The number of hydrogen-bond donors (Lipinski definition) is 3. The molecular weight excluding hydrogens is 313 g/mol. The maximum atomic E-state index is 12.2. The molecule has 2 rings (SSSR count). The smallest absolute Gasteiger partial charge is 0.255 e. The highest BCUT2D eigenvalue weighted by Gasteiger charge is 2.12. The van der Waals surface area contributed by atoms with Gasteiger partial charge < -0.3 is 16.3 Å². The zero-order valence-corrected chi connectivity index (χ0v) is 12.2. The predicted molar refractivity (Wildman–Crippen MR) is 83.4 cm³/mol. The minimum atomic E-state index is -0.383. The molecule has 0 saturated carbocycles. The fourth-order valence-corrected chi connectivity index (χ4v) is 2.00. The minimum absolute atomic E-state index is 0.0972. The molecule has 0 aliphatic carbocycles. The summed E-state index contributed by atoms with van der Waals surface area (Å²) in [7, 11) is 0. The Morgan fingerprint density at radius 1 is 1.14 bits per heavy atom. The van der Waals surface area contributed by atoms with Crippen molar-refractivity contribution in [3.63, 3.8) is 0 Å². The Hall–Kier alpha value is -2.24. The molecule has 0 atom stereocenters. The first-order valence-electron chi connectivity index (χ1n) is 5.86. The number of nitrogens with one attached hydrogen (secondary N) is 1. The summed E-state index contributed by atoms with van der Waals surface area (Å²) in [6.07, 6.45) is 0. The lowest BCUT2D eigenvalue weighted by Gasteiger charge is -2.10. The highest BCUT2D eigenvalue weighted by Crippen LogP contribution is 2.23. The molecule has 4 N–H and O–H groups in total. The number of amides is 1. The molecule has 2 aromatic rings. The van der Waals surface area contributed by atoms with Crippen molar-refractivity contribution in [3.05, 3.63) is 63.6 Å². The molecule has 0 radical (unpaired) electrons. The first kappa shape index (κ1) is 15.2. The average molecular weight is 324 g/mol. The molecule has 5 nitrogen and oxygen atoms in total. The van der Waals surface area contributed by atoms with Gasteiger partial charge in [-0.3, -0.25) is 4.79 Å². The number of carbonyl (C=O) groups is 1. The number of rotatable bonds is 3. The Kier molecular flexibility index (Phi) is 4.67. The summed E-state index contributed by atoms with van der Waals surface area (Å²) in [5.74, 6) is -0.480. The van der Waals surface area contributed by atoms with E-state index >= 15 is 0 Å². The summed E-state index contributed by atoms with van der Waals surface area (Å²) in [5, 5.41) is 15.0. The van der Waals surface area contributed by atoms with Crippen molar-refractivity contribution in [1.82, 2.24) is 0 Å². The molecule has 1 amide bonds. The lowest BCUT2D eigenvalue weighted by Crippen LogP contribution is -2.19. The van der Waals surface area contributed by atoms with E-state index in [9.17, 15) is 4.79 Å². The molecule has 0 aliphatic heterocycles. The van der Waals surface area contributed by atoms with E-state index in [2.05, 4.69) is 10.5 Å². The number of anilines is 1. The topological polar surface area (TPSA) is 87.7 Å². The number of amidine groups is 1. The van der Waals surface area contributed by atoms with E-state index in [0.717, 1.165) is 0 Å². The average Bonchev–Trinajstić information content (AvgIpc) is 2.49. The van der Waals surface area contributed by atoms with Gasteiger partial charge in [0.1, 0.15) is 0 Å². The summed E-state index contributed by atoms with van der Waals surface area (Å²) in [5.41, 5.74) is 6.74. The van der Waals surface area contributed by atoms with Gasteiger partial charge in [-0.05, 0) is 30.3 Å². The Labute approximate surface area is 131 Å². The monoisotopic (exact) mass is 323 g/mol. The Bertz CT molecular complexity index is 717. The van der Waals surface area contributed by atoms with Crippen LogP contribution < -0.4 is 11.1 Å². The lowest BCUT2D eigenvalue weighted by molar-refractivity contribution is 0.102. The van der Waals surface area contributed by atoms with Crippen LogP contribution in [0, 0.1) is 0 Å². The van der Waals surface area contributed by atoms with Crippen molar-refractivity contribution in [2.75, 3.05) is 5.32 Å². The second-order valence-corrected chi connectivity index (χ2v) is 4.93. The van der Waals surface area contributed by atoms with E-state index in [1.165, 1.54) is 12.1 Å². The van der Waals surface area contributed by atoms with Crippen LogP contribution in [0.15, 0.2) is 47.6 Å². The molecule has 2 aromatic carbocycles. The molecule has 0 saturated heterocycles. The molecular formula is C14H11Cl2N3O2. The van der Waals surface area contributed by atoms with E-state index in [-0.39, 0.29) is 16.8 Å². The number of halogens is 2. The van der Waals surface area contributed by atoms with Crippen molar-refractivity contribution in [1.29, 1.82) is 0 Å². The fraction of sp³-hybridized carbons (Fsp3) is 0. The first-order valence-corrected chi connectivity index (χ1v) is 6.62. The van der Waals surface area contributed by atoms with Crippen LogP contribution in [0.25, 0.3) is 0 Å². The second-order valence-electron chi connectivity index (χ2n) is 4.11. The molecule has 0 aliphatic rings. The van der Waals surface area contributed by atoms with Crippen LogP contribution in [0.4, 0.5) is 5.69 Å². The summed E-state index contributed by atoms with van der Waals surface area (Å²) in [4.78, 5) is 12.2. The number of hydrogen-bond acceptors (Lipinski definition) is 3.